The van der Waals surface area contributed by atoms with Crippen molar-refractivity contribution in [2.75, 3.05) is 16.8 Å². The van der Waals surface area contributed by atoms with Gasteiger partial charge in [-0.15, -0.1) is 0 Å². The van der Waals surface area contributed by atoms with Gasteiger partial charge < -0.3 is 10.2 Å². The molecule has 0 aliphatic carbocycles. The van der Waals surface area contributed by atoms with Gasteiger partial charge in [0, 0.05) is 17.6 Å². The molecule has 2 amide bonds. The van der Waals surface area contributed by atoms with E-state index in [2.05, 4.69) is 5.32 Å². The highest BCUT2D eigenvalue weighted by atomic mass is 35.5. The molecule has 0 bridgehead atoms. The number of hydrogen-bond donors (Lipinski definition) is 1. The van der Waals surface area contributed by atoms with Gasteiger partial charge in [-0.1, -0.05) is 29.8 Å². The molecule has 24 heavy (non-hydrogen) atoms. The van der Waals surface area contributed by atoms with Gasteiger partial charge in [0.25, 0.3) is 0 Å². The first-order valence-electron chi connectivity index (χ1n) is 7.25. The number of nitrogens with zero attached hydrogens (tertiary/aromatic N) is 2. The summed E-state index contributed by atoms with van der Waals surface area (Å²) in [4.78, 5) is 25.5. The molecule has 0 aromatic heterocycles. The van der Waals surface area contributed by atoms with Crippen molar-refractivity contribution in [1.29, 1.82) is 5.26 Å². The zero-order valence-electron chi connectivity index (χ0n) is 13.3. The number of halogens is 1. The van der Waals surface area contributed by atoms with E-state index in [-0.39, 0.29) is 18.4 Å². The first-order valence-corrected chi connectivity index (χ1v) is 7.63. The Kier molecular flexibility index (Phi) is 5.56. The molecule has 2 aromatic rings. The Morgan fingerprint density at radius 2 is 1.96 bits per heavy atom. The predicted molar refractivity (Wildman–Crippen MR) is 94.0 cm³/mol. The summed E-state index contributed by atoms with van der Waals surface area (Å²) in [5.41, 5.74) is 2.19. The molecule has 0 heterocycles. The zero-order chi connectivity index (χ0) is 17.7. The Hall–Kier alpha value is -2.84. The average molecular weight is 342 g/mol. The Morgan fingerprint density at radius 1 is 1.25 bits per heavy atom. The molecule has 0 aliphatic heterocycles. The molecule has 0 saturated heterocycles. The number of para-hydroxylation sites is 1. The van der Waals surface area contributed by atoms with Crippen molar-refractivity contribution in [3.63, 3.8) is 0 Å². The molecule has 0 atom stereocenters. The highest BCUT2D eigenvalue weighted by molar-refractivity contribution is 6.31. The first-order chi connectivity index (χ1) is 11.4. The van der Waals surface area contributed by atoms with E-state index in [0.717, 1.165) is 5.56 Å². The summed E-state index contributed by atoms with van der Waals surface area (Å²) in [6, 6.07) is 13.9. The maximum absolute atomic E-state index is 12.3. The lowest BCUT2D eigenvalue weighted by atomic mass is 10.1. The Morgan fingerprint density at radius 3 is 2.62 bits per heavy atom. The maximum atomic E-state index is 12.3. The third-order valence-electron chi connectivity index (χ3n) is 3.47. The largest absolute Gasteiger partial charge is 0.324 e. The molecule has 2 rings (SSSR count). The minimum atomic E-state index is -0.372. The van der Waals surface area contributed by atoms with Crippen molar-refractivity contribution < 1.29 is 9.59 Å². The van der Waals surface area contributed by atoms with Crippen LogP contribution < -0.4 is 10.2 Å². The number of nitrogens with one attached hydrogen (secondary N) is 1. The van der Waals surface area contributed by atoms with E-state index in [4.69, 9.17) is 11.6 Å². The van der Waals surface area contributed by atoms with Gasteiger partial charge in [0.2, 0.25) is 11.8 Å². The van der Waals surface area contributed by atoms with Crippen molar-refractivity contribution in [1.82, 2.24) is 0 Å². The molecular formula is C18H16ClN3O2. The molecule has 2 aromatic carbocycles. The average Bonchev–Trinajstić information content (AvgIpc) is 2.55. The fourth-order valence-corrected chi connectivity index (χ4v) is 2.40. The lowest BCUT2D eigenvalue weighted by molar-refractivity contribution is -0.120. The number of rotatable bonds is 4. The van der Waals surface area contributed by atoms with Crippen molar-refractivity contribution in [3.05, 3.63) is 58.6 Å². The highest BCUT2D eigenvalue weighted by Gasteiger charge is 2.19. The van der Waals surface area contributed by atoms with Crippen molar-refractivity contribution in [2.45, 2.75) is 13.8 Å². The van der Waals surface area contributed by atoms with Crippen LogP contribution in [0.1, 0.15) is 18.1 Å². The van der Waals surface area contributed by atoms with Crippen LogP contribution in [0.25, 0.3) is 0 Å². The number of amides is 2. The van der Waals surface area contributed by atoms with Crippen LogP contribution in [0.3, 0.4) is 0 Å². The molecule has 0 fully saturated rings. The van der Waals surface area contributed by atoms with Gasteiger partial charge in [-0.25, -0.2) is 0 Å². The molecule has 0 unspecified atom stereocenters. The summed E-state index contributed by atoms with van der Waals surface area (Å²) < 4.78 is 0. The first kappa shape index (κ1) is 17.5. The molecule has 0 radical (unpaired) electrons. The van der Waals surface area contributed by atoms with Gasteiger partial charge in [-0.05, 0) is 36.8 Å². The third kappa shape index (κ3) is 4.12. The summed E-state index contributed by atoms with van der Waals surface area (Å²) in [6.07, 6.45) is 0. The molecule has 0 spiro atoms. The fraction of sp³-hybridized carbons (Fsp3) is 0.167. The number of carbonyl (C=O) groups is 2. The van der Waals surface area contributed by atoms with E-state index in [1.165, 1.54) is 11.8 Å². The van der Waals surface area contributed by atoms with Crippen LogP contribution in [-0.4, -0.2) is 18.4 Å². The van der Waals surface area contributed by atoms with Crippen LogP contribution >= 0.6 is 11.6 Å². The van der Waals surface area contributed by atoms with E-state index in [1.54, 1.807) is 42.5 Å². The molecule has 1 N–H and O–H groups in total. The summed E-state index contributed by atoms with van der Waals surface area (Å²) in [6.45, 7) is 3.01. The molecule has 0 saturated carbocycles. The molecule has 122 valence electrons. The normalized spacial score (nSPS) is 9.92. The van der Waals surface area contributed by atoms with Crippen molar-refractivity contribution in [2.24, 2.45) is 0 Å². The molecule has 0 aliphatic rings. The second-order valence-electron chi connectivity index (χ2n) is 5.24. The van der Waals surface area contributed by atoms with E-state index >= 15 is 0 Å². The van der Waals surface area contributed by atoms with Gasteiger partial charge in [-0.3, -0.25) is 9.59 Å². The highest BCUT2D eigenvalue weighted by Crippen LogP contribution is 2.22. The van der Waals surface area contributed by atoms with E-state index in [0.29, 0.717) is 22.0 Å². The molecule has 5 nitrogen and oxygen atoms in total. The van der Waals surface area contributed by atoms with Crippen LogP contribution in [0.2, 0.25) is 5.02 Å². The Bertz CT molecular complexity index is 827. The quantitative estimate of drug-likeness (QED) is 0.924. The number of nitriles is 1. The monoisotopic (exact) mass is 341 g/mol. The summed E-state index contributed by atoms with van der Waals surface area (Å²) >= 11 is 5.94. The van der Waals surface area contributed by atoms with Crippen LogP contribution in [0, 0.1) is 18.3 Å². The van der Waals surface area contributed by atoms with Crippen LogP contribution in [0.5, 0.6) is 0 Å². The number of aryl methyl sites for hydroxylation is 1. The lowest BCUT2D eigenvalue weighted by Gasteiger charge is -2.22. The van der Waals surface area contributed by atoms with Crippen LogP contribution in [0.4, 0.5) is 11.4 Å². The van der Waals surface area contributed by atoms with Crippen molar-refractivity contribution in [3.8, 4) is 6.07 Å². The molecule has 6 heteroatoms. The van der Waals surface area contributed by atoms with Gasteiger partial charge in [0.15, 0.2) is 0 Å². The lowest BCUT2D eigenvalue weighted by Crippen LogP contribution is -2.37. The van der Waals surface area contributed by atoms with Crippen molar-refractivity contribution >= 4 is 34.8 Å². The minimum absolute atomic E-state index is 0.194. The SMILES string of the molecule is CC(=O)N(CC(=O)Nc1cc(Cl)ccc1C)c1ccccc1C#N. The number of hydrogen-bond acceptors (Lipinski definition) is 3. The summed E-state index contributed by atoms with van der Waals surface area (Å²) in [5, 5.41) is 12.4. The Labute approximate surface area is 145 Å². The molecular weight excluding hydrogens is 326 g/mol. The van der Waals surface area contributed by atoms with E-state index in [1.807, 2.05) is 13.0 Å². The fourth-order valence-electron chi connectivity index (χ4n) is 2.23. The smallest absolute Gasteiger partial charge is 0.244 e. The van der Waals surface area contributed by atoms with Gasteiger partial charge >= 0.3 is 0 Å². The van der Waals surface area contributed by atoms with Gasteiger partial charge in [0.1, 0.15) is 12.6 Å². The maximum Gasteiger partial charge on any atom is 0.244 e. The van der Waals surface area contributed by atoms with Crippen LogP contribution in [-0.2, 0) is 9.59 Å². The predicted octanol–water partition coefficient (Wildman–Crippen LogP) is 3.51. The summed E-state index contributed by atoms with van der Waals surface area (Å²) in [5.74, 6) is -0.695. The topological polar surface area (TPSA) is 73.2 Å². The van der Waals surface area contributed by atoms with E-state index in [9.17, 15) is 14.9 Å². The number of benzene rings is 2. The second-order valence-corrected chi connectivity index (χ2v) is 5.68. The zero-order valence-corrected chi connectivity index (χ0v) is 14.1. The van der Waals surface area contributed by atoms with Gasteiger partial charge in [0.05, 0.1) is 11.3 Å². The van der Waals surface area contributed by atoms with Crippen LogP contribution in [0.15, 0.2) is 42.5 Å². The van der Waals surface area contributed by atoms with E-state index < -0.39 is 0 Å². The minimum Gasteiger partial charge on any atom is -0.324 e. The number of carbonyl (C=O) groups excluding carboxylic acids is 2. The second kappa shape index (κ2) is 7.62. The Balaban J connectivity index is 2.22. The van der Waals surface area contributed by atoms with Gasteiger partial charge in [-0.2, -0.15) is 5.26 Å². The summed E-state index contributed by atoms with van der Waals surface area (Å²) in [7, 11) is 0. The number of anilines is 2. The third-order valence-corrected chi connectivity index (χ3v) is 3.71. The standard InChI is InChI=1S/C18H16ClN3O2/c1-12-7-8-15(19)9-16(12)21-18(24)11-22(13(2)23)17-6-4-3-5-14(17)10-20/h3-9H,11H2,1-2H3,(H,21,24).